The van der Waals surface area contributed by atoms with Gasteiger partial charge in [-0.1, -0.05) is 24.3 Å². The molecule has 0 aromatic heterocycles. The monoisotopic (exact) mass is 182 g/mol. The molecule has 0 spiro atoms. The van der Waals surface area contributed by atoms with E-state index in [-0.39, 0.29) is 0 Å². The first-order valence-corrected chi connectivity index (χ1v) is 4.53. The fraction of sp³-hybridized carbons (Fsp3) is 0.0833. The van der Waals surface area contributed by atoms with E-state index in [0.29, 0.717) is 5.70 Å². The van der Waals surface area contributed by atoms with Gasteiger partial charge in [0.2, 0.25) is 0 Å². The van der Waals surface area contributed by atoms with Gasteiger partial charge in [0.25, 0.3) is 0 Å². The first kappa shape index (κ1) is 8.58. The molecule has 14 heavy (non-hydrogen) atoms. The van der Waals surface area contributed by atoms with Gasteiger partial charge >= 0.3 is 0 Å². The maximum absolute atomic E-state index is 8.93. The van der Waals surface area contributed by atoms with Crippen molar-refractivity contribution in [2.45, 2.75) is 6.42 Å². The SMILES string of the molecule is N#CC1=CCC=CN1c1ccccc1. The Morgan fingerprint density at radius 1 is 1.21 bits per heavy atom. The van der Waals surface area contributed by atoms with E-state index in [1.54, 1.807) is 0 Å². The highest BCUT2D eigenvalue weighted by Gasteiger charge is 2.09. The van der Waals surface area contributed by atoms with E-state index in [9.17, 15) is 0 Å². The molecule has 68 valence electrons. The largest absolute Gasteiger partial charge is 0.309 e. The molecule has 0 fully saturated rings. The lowest BCUT2D eigenvalue weighted by Crippen LogP contribution is -2.15. The summed E-state index contributed by atoms with van der Waals surface area (Å²) in [4.78, 5) is 1.89. The summed E-state index contributed by atoms with van der Waals surface area (Å²) >= 11 is 0. The molecule has 0 radical (unpaired) electrons. The summed E-state index contributed by atoms with van der Waals surface area (Å²) in [5.41, 5.74) is 1.72. The Kier molecular flexibility index (Phi) is 2.33. The maximum Gasteiger partial charge on any atom is 0.120 e. The summed E-state index contributed by atoms with van der Waals surface area (Å²) in [5.74, 6) is 0. The molecular formula is C12H10N2. The first-order chi connectivity index (χ1) is 6.92. The van der Waals surface area contributed by atoms with Crippen molar-refractivity contribution in [1.82, 2.24) is 0 Å². The molecule has 0 aliphatic carbocycles. The second kappa shape index (κ2) is 3.80. The lowest BCUT2D eigenvalue weighted by molar-refractivity contribution is 1.12. The molecule has 0 N–H and O–H groups in total. The molecule has 0 unspecified atom stereocenters. The van der Waals surface area contributed by atoms with Crippen LogP contribution in [0.5, 0.6) is 0 Å². The Morgan fingerprint density at radius 3 is 2.71 bits per heavy atom. The second-order valence-electron chi connectivity index (χ2n) is 3.03. The van der Waals surface area contributed by atoms with Gasteiger partial charge in [-0.25, -0.2) is 0 Å². The van der Waals surface area contributed by atoms with Gasteiger partial charge in [0.05, 0.1) is 0 Å². The average molecular weight is 182 g/mol. The first-order valence-electron chi connectivity index (χ1n) is 4.53. The summed E-state index contributed by atoms with van der Waals surface area (Å²) in [5, 5.41) is 8.93. The lowest BCUT2D eigenvalue weighted by atomic mass is 10.2. The van der Waals surface area contributed by atoms with E-state index in [4.69, 9.17) is 5.26 Å². The van der Waals surface area contributed by atoms with Gasteiger partial charge in [0.1, 0.15) is 11.8 Å². The molecule has 1 aromatic carbocycles. The predicted molar refractivity (Wildman–Crippen MR) is 56.4 cm³/mol. The molecule has 1 aliphatic rings. The minimum atomic E-state index is 0.693. The topological polar surface area (TPSA) is 27.0 Å². The predicted octanol–water partition coefficient (Wildman–Crippen LogP) is 2.82. The molecule has 1 aliphatic heterocycles. The highest BCUT2D eigenvalue weighted by Crippen LogP contribution is 2.21. The minimum absolute atomic E-state index is 0.693. The summed E-state index contributed by atoms with van der Waals surface area (Å²) in [6, 6.07) is 12.1. The quantitative estimate of drug-likeness (QED) is 0.667. The number of hydrogen-bond donors (Lipinski definition) is 0. The average Bonchev–Trinajstić information content (AvgIpc) is 2.30. The lowest BCUT2D eigenvalue weighted by Gasteiger charge is -2.21. The van der Waals surface area contributed by atoms with Crippen LogP contribution in [0.2, 0.25) is 0 Å². The molecular weight excluding hydrogens is 172 g/mol. The zero-order valence-electron chi connectivity index (χ0n) is 7.72. The van der Waals surface area contributed by atoms with Crippen LogP contribution in [-0.4, -0.2) is 0 Å². The van der Waals surface area contributed by atoms with E-state index >= 15 is 0 Å². The fourth-order valence-corrected chi connectivity index (χ4v) is 1.44. The van der Waals surface area contributed by atoms with Crippen LogP contribution < -0.4 is 4.90 Å². The van der Waals surface area contributed by atoms with Crippen molar-refractivity contribution >= 4 is 5.69 Å². The smallest absolute Gasteiger partial charge is 0.120 e. The van der Waals surface area contributed by atoms with E-state index in [1.165, 1.54) is 0 Å². The van der Waals surface area contributed by atoms with Gasteiger partial charge in [-0.15, -0.1) is 0 Å². The number of rotatable bonds is 1. The zero-order chi connectivity index (χ0) is 9.80. The zero-order valence-corrected chi connectivity index (χ0v) is 7.72. The van der Waals surface area contributed by atoms with Crippen molar-refractivity contribution in [3.63, 3.8) is 0 Å². The molecule has 0 amide bonds. The van der Waals surface area contributed by atoms with Crippen molar-refractivity contribution in [3.05, 3.63) is 54.4 Å². The van der Waals surface area contributed by atoms with Gasteiger partial charge in [-0.05, 0) is 24.6 Å². The number of allylic oxidation sites excluding steroid dienone is 3. The Bertz CT molecular complexity index is 410. The second-order valence-corrected chi connectivity index (χ2v) is 3.03. The number of nitriles is 1. The van der Waals surface area contributed by atoms with E-state index < -0.39 is 0 Å². The minimum Gasteiger partial charge on any atom is -0.309 e. The number of para-hydroxylation sites is 1. The Morgan fingerprint density at radius 2 is 2.00 bits per heavy atom. The van der Waals surface area contributed by atoms with Crippen LogP contribution in [0.4, 0.5) is 5.69 Å². The van der Waals surface area contributed by atoms with Gasteiger partial charge < -0.3 is 4.90 Å². The summed E-state index contributed by atoms with van der Waals surface area (Å²) in [7, 11) is 0. The van der Waals surface area contributed by atoms with Crippen LogP contribution >= 0.6 is 0 Å². The Labute approximate surface area is 83.4 Å². The third-order valence-corrected chi connectivity index (χ3v) is 2.11. The molecule has 0 saturated heterocycles. The Balaban J connectivity index is 2.35. The third-order valence-electron chi connectivity index (χ3n) is 2.11. The van der Waals surface area contributed by atoms with Crippen molar-refractivity contribution < 1.29 is 0 Å². The van der Waals surface area contributed by atoms with Crippen LogP contribution in [0.25, 0.3) is 0 Å². The highest BCUT2D eigenvalue weighted by molar-refractivity contribution is 5.59. The molecule has 2 nitrogen and oxygen atoms in total. The summed E-state index contributed by atoms with van der Waals surface area (Å²) in [6.07, 6.45) is 6.74. The number of benzene rings is 1. The van der Waals surface area contributed by atoms with Crippen molar-refractivity contribution in [1.29, 1.82) is 5.26 Å². The highest BCUT2D eigenvalue weighted by atomic mass is 15.1. The standard InChI is InChI=1S/C12H10N2/c13-10-12-8-4-5-9-14(12)11-6-2-1-3-7-11/h1-3,5-9H,4H2. The molecule has 0 atom stereocenters. The third kappa shape index (κ3) is 1.53. The van der Waals surface area contributed by atoms with Crippen LogP contribution in [0.15, 0.2) is 54.4 Å². The molecule has 0 bridgehead atoms. The molecule has 0 saturated carbocycles. The number of anilines is 1. The van der Waals surface area contributed by atoms with Gasteiger partial charge in [0.15, 0.2) is 0 Å². The normalized spacial score (nSPS) is 14.8. The van der Waals surface area contributed by atoms with Crippen LogP contribution in [0.1, 0.15) is 6.42 Å². The van der Waals surface area contributed by atoms with E-state index in [1.807, 2.05) is 53.6 Å². The van der Waals surface area contributed by atoms with Crippen LogP contribution in [0.3, 0.4) is 0 Å². The number of nitrogens with zero attached hydrogens (tertiary/aromatic N) is 2. The molecule has 1 heterocycles. The van der Waals surface area contributed by atoms with Crippen molar-refractivity contribution in [2.75, 3.05) is 4.90 Å². The van der Waals surface area contributed by atoms with Gasteiger partial charge in [0, 0.05) is 11.9 Å². The van der Waals surface area contributed by atoms with Crippen LogP contribution in [-0.2, 0) is 0 Å². The van der Waals surface area contributed by atoms with Crippen molar-refractivity contribution in [2.24, 2.45) is 0 Å². The van der Waals surface area contributed by atoms with Gasteiger partial charge in [-0.2, -0.15) is 5.26 Å². The summed E-state index contributed by atoms with van der Waals surface area (Å²) < 4.78 is 0. The van der Waals surface area contributed by atoms with Gasteiger partial charge in [-0.3, -0.25) is 0 Å². The maximum atomic E-state index is 8.93. The molecule has 2 heteroatoms. The molecule has 1 aromatic rings. The summed E-state index contributed by atoms with van der Waals surface area (Å²) in [6.45, 7) is 0. The fourth-order valence-electron chi connectivity index (χ4n) is 1.44. The van der Waals surface area contributed by atoms with E-state index in [2.05, 4.69) is 6.07 Å². The van der Waals surface area contributed by atoms with Crippen molar-refractivity contribution in [3.8, 4) is 6.07 Å². The number of hydrogen-bond acceptors (Lipinski definition) is 2. The van der Waals surface area contributed by atoms with Crippen LogP contribution in [0, 0.1) is 11.3 Å². The Hall–Kier alpha value is -2.01. The van der Waals surface area contributed by atoms with E-state index in [0.717, 1.165) is 12.1 Å². The molecule has 2 rings (SSSR count).